The van der Waals surface area contributed by atoms with Crippen LogP contribution >= 0.6 is 0 Å². The molecule has 0 saturated heterocycles. The van der Waals surface area contributed by atoms with Gasteiger partial charge in [0.05, 0.1) is 7.11 Å². The Bertz CT molecular complexity index is 600. The summed E-state index contributed by atoms with van der Waals surface area (Å²) in [5, 5.41) is 4.14. The lowest BCUT2D eigenvalue weighted by Crippen LogP contribution is -2.06. The van der Waals surface area contributed by atoms with Gasteiger partial charge >= 0.3 is 0 Å². The molecule has 2 rings (SSSR count). The van der Waals surface area contributed by atoms with E-state index in [2.05, 4.69) is 5.10 Å². The van der Waals surface area contributed by atoms with Crippen LogP contribution in [0.5, 0.6) is 5.75 Å². The molecular formula is C14H16N2O2. The number of aryl methyl sites for hydroxylation is 3. The van der Waals surface area contributed by atoms with Crippen LogP contribution in [0, 0.1) is 13.8 Å². The largest absolute Gasteiger partial charge is 0.496 e. The van der Waals surface area contributed by atoms with Gasteiger partial charge in [0, 0.05) is 18.8 Å². The molecule has 1 aromatic heterocycles. The van der Waals surface area contributed by atoms with Crippen molar-refractivity contribution in [1.29, 1.82) is 0 Å². The molecule has 4 heteroatoms. The molecule has 1 aromatic carbocycles. The summed E-state index contributed by atoms with van der Waals surface area (Å²) in [5.74, 6) is 0.740. The van der Waals surface area contributed by atoms with Crippen molar-refractivity contribution in [3.63, 3.8) is 0 Å². The van der Waals surface area contributed by atoms with E-state index in [-0.39, 0.29) is 5.78 Å². The number of rotatable bonds is 3. The van der Waals surface area contributed by atoms with Crippen LogP contribution in [0.15, 0.2) is 24.4 Å². The third kappa shape index (κ3) is 2.14. The summed E-state index contributed by atoms with van der Waals surface area (Å²) in [4.78, 5) is 12.3. The number of carbonyl (C=O) groups excluding carboxylic acids is 1. The normalized spacial score (nSPS) is 10.4. The summed E-state index contributed by atoms with van der Waals surface area (Å²) in [7, 11) is 3.42. The second-order valence-electron chi connectivity index (χ2n) is 4.34. The zero-order valence-electron chi connectivity index (χ0n) is 11.0. The summed E-state index contributed by atoms with van der Waals surface area (Å²) in [6.07, 6.45) is 1.76. The zero-order chi connectivity index (χ0) is 13.3. The average Bonchev–Trinajstić information content (AvgIpc) is 2.77. The lowest BCUT2D eigenvalue weighted by molar-refractivity contribution is 0.103. The summed E-state index contributed by atoms with van der Waals surface area (Å²) < 4.78 is 6.86. The van der Waals surface area contributed by atoms with Gasteiger partial charge in [-0.15, -0.1) is 0 Å². The van der Waals surface area contributed by atoms with Gasteiger partial charge in [-0.25, -0.2) is 0 Å². The summed E-state index contributed by atoms with van der Waals surface area (Å²) in [6.45, 7) is 3.83. The molecule has 0 aliphatic rings. The maximum Gasteiger partial charge on any atom is 0.213 e. The van der Waals surface area contributed by atoms with E-state index in [9.17, 15) is 4.79 Å². The van der Waals surface area contributed by atoms with E-state index in [1.165, 1.54) is 0 Å². The molecule has 0 fully saturated rings. The van der Waals surface area contributed by atoms with Crippen molar-refractivity contribution in [2.75, 3.05) is 7.11 Å². The predicted octanol–water partition coefficient (Wildman–Crippen LogP) is 2.28. The molecule has 0 atom stereocenters. The number of hydrogen-bond acceptors (Lipinski definition) is 3. The molecule has 0 radical (unpaired) electrons. The molecule has 2 aromatic rings. The standard InChI is InChI=1S/C14H16N2O2/c1-9-8-13(18-4)10(2)7-11(9)14(17)12-5-6-16(3)15-12/h5-8H,1-4H3. The molecular weight excluding hydrogens is 228 g/mol. The van der Waals surface area contributed by atoms with Crippen molar-refractivity contribution in [2.45, 2.75) is 13.8 Å². The minimum absolute atomic E-state index is 0.0566. The number of nitrogens with zero attached hydrogens (tertiary/aromatic N) is 2. The van der Waals surface area contributed by atoms with Gasteiger partial charge in [-0.05, 0) is 43.2 Å². The van der Waals surface area contributed by atoms with E-state index in [4.69, 9.17) is 4.74 Å². The number of ether oxygens (including phenoxy) is 1. The first-order valence-electron chi connectivity index (χ1n) is 5.72. The number of carbonyl (C=O) groups is 1. The van der Waals surface area contributed by atoms with Gasteiger partial charge in [-0.2, -0.15) is 5.10 Å². The van der Waals surface area contributed by atoms with Crippen molar-refractivity contribution in [3.8, 4) is 5.75 Å². The van der Waals surface area contributed by atoms with Crippen LogP contribution in [-0.4, -0.2) is 22.7 Å². The molecule has 0 spiro atoms. The molecule has 0 aliphatic heterocycles. The maximum atomic E-state index is 12.3. The SMILES string of the molecule is COc1cc(C)c(C(=O)c2ccn(C)n2)cc1C. The lowest BCUT2D eigenvalue weighted by Gasteiger charge is -2.09. The Labute approximate surface area is 106 Å². The molecule has 0 amide bonds. The van der Waals surface area contributed by atoms with Crippen molar-refractivity contribution < 1.29 is 9.53 Å². The number of aromatic nitrogens is 2. The van der Waals surface area contributed by atoms with Gasteiger partial charge in [0.15, 0.2) is 0 Å². The Morgan fingerprint density at radius 3 is 2.56 bits per heavy atom. The van der Waals surface area contributed by atoms with Crippen LogP contribution in [0.3, 0.4) is 0 Å². The highest BCUT2D eigenvalue weighted by Crippen LogP contribution is 2.23. The summed E-state index contributed by atoms with van der Waals surface area (Å²) >= 11 is 0. The highest BCUT2D eigenvalue weighted by Gasteiger charge is 2.16. The first-order chi connectivity index (χ1) is 8.52. The van der Waals surface area contributed by atoms with E-state index < -0.39 is 0 Å². The first-order valence-corrected chi connectivity index (χ1v) is 5.72. The third-order valence-electron chi connectivity index (χ3n) is 2.93. The Morgan fingerprint density at radius 1 is 1.28 bits per heavy atom. The molecule has 94 valence electrons. The van der Waals surface area contributed by atoms with E-state index in [1.807, 2.05) is 26.0 Å². The van der Waals surface area contributed by atoms with E-state index in [0.717, 1.165) is 16.9 Å². The van der Waals surface area contributed by atoms with Crippen LogP contribution in [0.2, 0.25) is 0 Å². The van der Waals surface area contributed by atoms with Gasteiger partial charge in [-0.1, -0.05) is 0 Å². The van der Waals surface area contributed by atoms with Gasteiger partial charge in [0.2, 0.25) is 5.78 Å². The van der Waals surface area contributed by atoms with E-state index in [1.54, 1.807) is 31.1 Å². The number of methoxy groups -OCH3 is 1. The second kappa shape index (κ2) is 4.64. The van der Waals surface area contributed by atoms with Crippen molar-refractivity contribution in [3.05, 3.63) is 46.8 Å². The van der Waals surface area contributed by atoms with Crippen LogP contribution in [0.4, 0.5) is 0 Å². The summed E-state index contributed by atoms with van der Waals surface area (Å²) in [6, 6.07) is 5.46. The second-order valence-corrected chi connectivity index (χ2v) is 4.34. The molecule has 18 heavy (non-hydrogen) atoms. The quantitative estimate of drug-likeness (QED) is 0.778. The number of ketones is 1. The predicted molar refractivity (Wildman–Crippen MR) is 69.1 cm³/mol. The molecule has 0 saturated carbocycles. The van der Waals surface area contributed by atoms with Crippen molar-refractivity contribution in [2.24, 2.45) is 7.05 Å². The fourth-order valence-corrected chi connectivity index (χ4v) is 1.93. The molecule has 0 N–H and O–H groups in total. The average molecular weight is 244 g/mol. The van der Waals surface area contributed by atoms with Crippen molar-refractivity contribution >= 4 is 5.78 Å². The van der Waals surface area contributed by atoms with Gasteiger partial charge in [0.1, 0.15) is 11.4 Å². The minimum atomic E-state index is -0.0566. The maximum absolute atomic E-state index is 12.3. The molecule has 1 heterocycles. The topological polar surface area (TPSA) is 44.1 Å². The van der Waals surface area contributed by atoms with Crippen LogP contribution < -0.4 is 4.74 Å². The fraction of sp³-hybridized carbons (Fsp3) is 0.286. The Balaban J connectivity index is 2.45. The zero-order valence-corrected chi connectivity index (χ0v) is 11.0. The van der Waals surface area contributed by atoms with Gasteiger partial charge < -0.3 is 4.74 Å². The van der Waals surface area contributed by atoms with Crippen LogP contribution in [-0.2, 0) is 7.05 Å². The smallest absolute Gasteiger partial charge is 0.213 e. The molecule has 0 bridgehead atoms. The number of benzene rings is 1. The Kier molecular flexibility index (Phi) is 3.19. The number of hydrogen-bond donors (Lipinski definition) is 0. The third-order valence-corrected chi connectivity index (χ3v) is 2.93. The lowest BCUT2D eigenvalue weighted by atomic mass is 9.99. The Hall–Kier alpha value is -2.10. The minimum Gasteiger partial charge on any atom is -0.496 e. The van der Waals surface area contributed by atoms with Gasteiger partial charge in [0.25, 0.3) is 0 Å². The van der Waals surface area contributed by atoms with E-state index >= 15 is 0 Å². The highest BCUT2D eigenvalue weighted by atomic mass is 16.5. The van der Waals surface area contributed by atoms with Crippen LogP contribution in [0.1, 0.15) is 27.2 Å². The Morgan fingerprint density at radius 2 is 2.00 bits per heavy atom. The van der Waals surface area contributed by atoms with Gasteiger partial charge in [-0.3, -0.25) is 9.48 Å². The molecule has 0 unspecified atom stereocenters. The van der Waals surface area contributed by atoms with Crippen molar-refractivity contribution in [1.82, 2.24) is 9.78 Å². The van der Waals surface area contributed by atoms with E-state index in [0.29, 0.717) is 11.3 Å². The molecule has 4 nitrogen and oxygen atoms in total. The highest BCUT2D eigenvalue weighted by molar-refractivity contribution is 6.08. The fourth-order valence-electron chi connectivity index (χ4n) is 1.93. The molecule has 0 aliphatic carbocycles. The monoisotopic (exact) mass is 244 g/mol. The summed E-state index contributed by atoms with van der Waals surface area (Å²) in [5.41, 5.74) is 2.98. The van der Waals surface area contributed by atoms with Crippen LogP contribution in [0.25, 0.3) is 0 Å². The first kappa shape index (κ1) is 12.4.